The minimum absolute atomic E-state index is 0.0596. The smallest absolute Gasteiger partial charge is 0.262 e. The van der Waals surface area contributed by atoms with Crippen LogP contribution in [0, 0.1) is 11.6 Å². The van der Waals surface area contributed by atoms with Crippen molar-refractivity contribution in [2.24, 2.45) is 0 Å². The van der Waals surface area contributed by atoms with Crippen molar-refractivity contribution in [3.63, 3.8) is 0 Å². The minimum Gasteiger partial charge on any atom is -0.497 e. The number of hydrogen-bond acceptors (Lipinski definition) is 4. The van der Waals surface area contributed by atoms with Gasteiger partial charge in [0.25, 0.3) is 11.8 Å². The predicted octanol–water partition coefficient (Wildman–Crippen LogP) is 6.05. The van der Waals surface area contributed by atoms with Gasteiger partial charge in [-0.3, -0.25) is 14.5 Å². The number of aromatic amines is 2. The zero-order valence-electron chi connectivity index (χ0n) is 20.2. The largest absolute Gasteiger partial charge is 0.497 e. The molecule has 1 aliphatic rings. The second-order valence-corrected chi connectivity index (χ2v) is 9.25. The molecular formula is C29H19F2N3O4. The molecule has 7 nitrogen and oxygen atoms in total. The van der Waals surface area contributed by atoms with E-state index in [1.807, 2.05) is 0 Å². The summed E-state index contributed by atoms with van der Waals surface area (Å²) in [6.07, 6.45) is 0. The van der Waals surface area contributed by atoms with Gasteiger partial charge in [0.15, 0.2) is 0 Å². The molecule has 0 saturated heterocycles. The number of nitrogens with one attached hydrogen (secondary N) is 2. The van der Waals surface area contributed by atoms with Crippen LogP contribution in [0.2, 0.25) is 0 Å². The topological polar surface area (TPSA) is 87.4 Å². The third-order valence-electron chi connectivity index (χ3n) is 7.26. The first-order valence-electron chi connectivity index (χ1n) is 11.8. The molecule has 4 aromatic carbocycles. The van der Waals surface area contributed by atoms with E-state index in [0.29, 0.717) is 60.7 Å². The number of nitrogens with zero attached hydrogens (tertiary/aromatic N) is 1. The lowest BCUT2D eigenvalue weighted by Gasteiger charge is -2.17. The Morgan fingerprint density at radius 1 is 0.737 bits per heavy atom. The fourth-order valence-electron chi connectivity index (χ4n) is 5.56. The zero-order chi connectivity index (χ0) is 26.3. The Kier molecular flexibility index (Phi) is 4.57. The summed E-state index contributed by atoms with van der Waals surface area (Å²) >= 11 is 0. The lowest BCUT2D eigenvalue weighted by Crippen LogP contribution is -2.29. The molecule has 0 aliphatic carbocycles. The molecule has 1 aliphatic heterocycles. The van der Waals surface area contributed by atoms with Gasteiger partial charge in [-0.15, -0.1) is 0 Å². The molecule has 0 saturated carbocycles. The Morgan fingerprint density at radius 3 is 1.79 bits per heavy atom. The van der Waals surface area contributed by atoms with E-state index in [0.717, 1.165) is 4.90 Å². The molecule has 9 heteroatoms. The number of hydrogen-bond donors (Lipinski definition) is 2. The van der Waals surface area contributed by atoms with Crippen molar-refractivity contribution < 1.29 is 27.8 Å². The molecular weight excluding hydrogens is 492 g/mol. The van der Waals surface area contributed by atoms with E-state index in [4.69, 9.17) is 9.47 Å². The second kappa shape index (κ2) is 7.79. The summed E-state index contributed by atoms with van der Waals surface area (Å²) in [4.78, 5) is 35.7. The predicted molar refractivity (Wildman–Crippen MR) is 139 cm³/mol. The zero-order valence-corrected chi connectivity index (χ0v) is 20.2. The van der Waals surface area contributed by atoms with Crippen molar-refractivity contribution in [1.29, 1.82) is 0 Å². The number of halogens is 2. The Morgan fingerprint density at radius 2 is 1.29 bits per heavy atom. The number of ether oxygens (including phenoxy) is 2. The fraction of sp³-hybridized carbons (Fsp3) is 0.103. The van der Waals surface area contributed by atoms with Crippen LogP contribution in [0.1, 0.15) is 26.3 Å². The van der Waals surface area contributed by atoms with Crippen LogP contribution in [0.4, 0.5) is 8.78 Å². The molecule has 0 unspecified atom stereocenters. The number of carbonyl (C=O) groups is 2. The van der Waals surface area contributed by atoms with Gasteiger partial charge in [-0.1, -0.05) is 0 Å². The van der Waals surface area contributed by atoms with E-state index < -0.39 is 23.4 Å². The van der Waals surface area contributed by atoms with Crippen LogP contribution in [0.5, 0.6) is 11.5 Å². The lowest BCUT2D eigenvalue weighted by atomic mass is 9.96. The maximum absolute atomic E-state index is 14.4. The molecule has 7 rings (SSSR count). The number of imide groups is 1. The van der Waals surface area contributed by atoms with Crippen LogP contribution < -0.4 is 9.47 Å². The summed E-state index contributed by atoms with van der Waals surface area (Å²) < 4.78 is 39.4. The number of fused-ring (bicyclic) bond motifs is 10. The van der Waals surface area contributed by atoms with E-state index in [1.165, 1.54) is 38.5 Å². The molecule has 2 amide bonds. The second-order valence-electron chi connectivity index (χ2n) is 9.25. The molecule has 2 aromatic heterocycles. The van der Waals surface area contributed by atoms with Gasteiger partial charge in [-0.2, -0.15) is 0 Å². The number of benzene rings is 4. The molecule has 0 atom stereocenters. The van der Waals surface area contributed by atoms with Gasteiger partial charge in [-0.05, 0) is 48.5 Å². The first kappa shape index (κ1) is 22.3. The van der Waals surface area contributed by atoms with Crippen LogP contribution >= 0.6 is 0 Å². The summed E-state index contributed by atoms with van der Waals surface area (Å²) in [7, 11) is 3.03. The maximum atomic E-state index is 14.4. The SMILES string of the molecule is COc1ccc(CN2C(=O)c3c(c4c5cc(F)ccc5[nH]c4c4[nH]c5ccc(F)cc5c34)C2=O)c(OC)c1. The van der Waals surface area contributed by atoms with Crippen LogP contribution in [-0.2, 0) is 6.54 Å². The van der Waals surface area contributed by atoms with E-state index in [9.17, 15) is 18.4 Å². The van der Waals surface area contributed by atoms with E-state index in [-0.39, 0.29) is 17.7 Å². The Hall–Kier alpha value is -4.92. The quantitative estimate of drug-likeness (QED) is 0.282. The molecule has 6 aromatic rings. The number of H-pyrrole nitrogens is 2. The molecule has 0 fully saturated rings. The Balaban J connectivity index is 1.54. The van der Waals surface area contributed by atoms with Gasteiger partial charge in [-0.25, -0.2) is 8.78 Å². The van der Waals surface area contributed by atoms with Crippen molar-refractivity contribution in [3.05, 3.63) is 82.9 Å². The fourth-order valence-corrected chi connectivity index (χ4v) is 5.56. The van der Waals surface area contributed by atoms with Gasteiger partial charge >= 0.3 is 0 Å². The monoisotopic (exact) mass is 511 g/mol. The molecule has 0 radical (unpaired) electrons. The first-order chi connectivity index (χ1) is 18.4. The molecule has 3 heterocycles. The first-order valence-corrected chi connectivity index (χ1v) is 11.8. The van der Waals surface area contributed by atoms with Gasteiger partial charge in [0, 0.05) is 44.2 Å². The Labute approximate surface area is 213 Å². The molecule has 188 valence electrons. The Bertz CT molecular complexity index is 1890. The van der Waals surface area contributed by atoms with Gasteiger partial charge < -0.3 is 19.4 Å². The minimum atomic E-state index is -0.523. The summed E-state index contributed by atoms with van der Waals surface area (Å²) in [5, 5.41) is 1.84. The highest BCUT2D eigenvalue weighted by Gasteiger charge is 2.41. The van der Waals surface area contributed by atoms with Crippen molar-refractivity contribution in [2.75, 3.05) is 14.2 Å². The van der Waals surface area contributed by atoms with Crippen molar-refractivity contribution in [2.45, 2.75) is 6.54 Å². The van der Waals surface area contributed by atoms with Crippen LogP contribution in [0.25, 0.3) is 43.6 Å². The van der Waals surface area contributed by atoms with Crippen LogP contribution in [0.3, 0.4) is 0 Å². The lowest BCUT2D eigenvalue weighted by molar-refractivity contribution is 0.0642. The number of amides is 2. The summed E-state index contributed by atoms with van der Waals surface area (Å²) in [6, 6.07) is 13.6. The van der Waals surface area contributed by atoms with Crippen molar-refractivity contribution in [3.8, 4) is 11.5 Å². The number of methoxy groups -OCH3 is 2. The van der Waals surface area contributed by atoms with Gasteiger partial charge in [0.05, 0.1) is 42.9 Å². The van der Waals surface area contributed by atoms with E-state index in [1.54, 1.807) is 30.3 Å². The normalized spacial score (nSPS) is 13.4. The number of carbonyl (C=O) groups excluding carboxylic acids is 2. The standard InChI is InChI=1S/C29H19F2N3O4/c1-37-16-6-3-13(21(11-16)38-2)12-34-28(35)24-22-17-9-14(30)4-7-19(17)32-26(22)27-23(25(24)29(34)36)18-10-15(31)5-8-20(18)33-27/h3-11,32-33H,12H2,1-2H3. The average Bonchev–Trinajstić information content (AvgIpc) is 3.55. The summed E-state index contributed by atoms with van der Waals surface area (Å²) in [5.74, 6) is -0.959. The molecule has 2 N–H and O–H groups in total. The van der Waals surface area contributed by atoms with Crippen LogP contribution in [0.15, 0.2) is 54.6 Å². The number of aromatic nitrogens is 2. The van der Waals surface area contributed by atoms with Crippen molar-refractivity contribution in [1.82, 2.24) is 14.9 Å². The van der Waals surface area contributed by atoms with E-state index in [2.05, 4.69) is 9.97 Å². The highest BCUT2D eigenvalue weighted by Crippen LogP contribution is 2.44. The van der Waals surface area contributed by atoms with Crippen molar-refractivity contribution >= 4 is 55.4 Å². The summed E-state index contributed by atoms with van der Waals surface area (Å²) in [6.45, 7) is -0.0596. The highest BCUT2D eigenvalue weighted by atomic mass is 19.1. The van der Waals surface area contributed by atoms with Gasteiger partial charge in [0.2, 0.25) is 0 Å². The average molecular weight is 511 g/mol. The number of rotatable bonds is 4. The molecule has 0 bridgehead atoms. The third-order valence-corrected chi connectivity index (χ3v) is 7.26. The highest BCUT2D eigenvalue weighted by molar-refractivity contribution is 6.39. The summed E-state index contributed by atoms with van der Waals surface area (Å²) in [5.41, 5.74) is 3.22. The molecule has 38 heavy (non-hydrogen) atoms. The maximum Gasteiger partial charge on any atom is 0.262 e. The third kappa shape index (κ3) is 2.92. The van der Waals surface area contributed by atoms with Crippen LogP contribution in [-0.4, -0.2) is 40.9 Å². The van der Waals surface area contributed by atoms with Gasteiger partial charge in [0.1, 0.15) is 23.1 Å². The van der Waals surface area contributed by atoms with E-state index >= 15 is 0 Å². The molecule has 0 spiro atoms.